The summed E-state index contributed by atoms with van der Waals surface area (Å²) in [7, 11) is 0. The van der Waals surface area contributed by atoms with Crippen molar-refractivity contribution in [3.05, 3.63) is 58.7 Å². The molecule has 0 saturated heterocycles. The van der Waals surface area contributed by atoms with E-state index >= 15 is 0 Å². The summed E-state index contributed by atoms with van der Waals surface area (Å²) in [6.07, 6.45) is 2.69. The summed E-state index contributed by atoms with van der Waals surface area (Å²) >= 11 is 0. The van der Waals surface area contributed by atoms with Crippen LogP contribution in [0.1, 0.15) is 35.1 Å². The van der Waals surface area contributed by atoms with Crippen molar-refractivity contribution in [1.29, 1.82) is 0 Å². The summed E-state index contributed by atoms with van der Waals surface area (Å²) in [6, 6.07) is 14.3. The fraction of sp³-hybridized carbons (Fsp3) is 0.368. The summed E-state index contributed by atoms with van der Waals surface area (Å²) < 4.78 is 0. The Morgan fingerprint density at radius 1 is 0.900 bits per heavy atom. The van der Waals surface area contributed by atoms with E-state index in [0.717, 1.165) is 12.6 Å². The van der Waals surface area contributed by atoms with Crippen molar-refractivity contribution in [2.45, 2.75) is 46.2 Å². The standard InChI is InChI=1S/C19H23N/c1-13-4-5-14(2)18(10-13)19-11-16(7-6-15(19)3)12-20-17-8-9-17/h4-7,10-11,17,20H,8-9,12H2,1-3H3. The second kappa shape index (κ2) is 5.41. The van der Waals surface area contributed by atoms with Gasteiger partial charge in [0.1, 0.15) is 0 Å². The van der Waals surface area contributed by atoms with Gasteiger partial charge in [-0.05, 0) is 67.5 Å². The second-order valence-electron chi connectivity index (χ2n) is 6.12. The maximum absolute atomic E-state index is 3.60. The lowest BCUT2D eigenvalue weighted by Crippen LogP contribution is -2.15. The SMILES string of the molecule is Cc1ccc(C)c(-c2cc(CNC3CC3)ccc2C)c1. The smallest absolute Gasteiger partial charge is 0.0208 e. The van der Waals surface area contributed by atoms with E-state index in [1.165, 1.54) is 46.2 Å². The largest absolute Gasteiger partial charge is 0.310 e. The molecule has 1 aliphatic rings. The summed E-state index contributed by atoms with van der Waals surface area (Å²) in [5.41, 5.74) is 8.17. The van der Waals surface area contributed by atoms with Gasteiger partial charge in [0.2, 0.25) is 0 Å². The molecule has 0 amide bonds. The van der Waals surface area contributed by atoms with Gasteiger partial charge in [-0.15, -0.1) is 0 Å². The van der Waals surface area contributed by atoms with Gasteiger partial charge in [0.15, 0.2) is 0 Å². The van der Waals surface area contributed by atoms with Crippen LogP contribution in [0.15, 0.2) is 36.4 Å². The molecule has 0 bridgehead atoms. The van der Waals surface area contributed by atoms with E-state index in [4.69, 9.17) is 0 Å². The number of rotatable bonds is 4. The van der Waals surface area contributed by atoms with E-state index in [9.17, 15) is 0 Å². The van der Waals surface area contributed by atoms with Crippen molar-refractivity contribution >= 4 is 0 Å². The molecule has 1 aliphatic carbocycles. The summed E-state index contributed by atoms with van der Waals surface area (Å²) in [5.74, 6) is 0. The average molecular weight is 265 g/mol. The molecule has 1 N–H and O–H groups in total. The Morgan fingerprint density at radius 3 is 2.25 bits per heavy atom. The lowest BCUT2D eigenvalue weighted by Gasteiger charge is -2.13. The maximum Gasteiger partial charge on any atom is 0.0208 e. The molecule has 1 saturated carbocycles. The summed E-state index contributed by atoms with van der Waals surface area (Å²) in [6.45, 7) is 7.55. The van der Waals surface area contributed by atoms with Gasteiger partial charge < -0.3 is 5.32 Å². The molecule has 3 rings (SSSR count). The van der Waals surface area contributed by atoms with E-state index in [0.29, 0.717) is 0 Å². The van der Waals surface area contributed by atoms with Crippen molar-refractivity contribution in [3.63, 3.8) is 0 Å². The van der Waals surface area contributed by atoms with E-state index in [-0.39, 0.29) is 0 Å². The second-order valence-corrected chi connectivity index (χ2v) is 6.12. The van der Waals surface area contributed by atoms with Crippen LogP contribution in [0, 0.1) is 20.8 Å². The molecule has 0 unspecified atom stereocenters. The fourth-order valence-electron chi connectivity index (χ4n) is 2.64. The number of hydrogen-bond donors (Lipinski definition) is 1. The minimum absolute atomic E-state index is 0.764. The van der Waals surface area contributed by atoms with Crippen LogP contribution in [0.25, 0.3) is 11.1 Å². The molecule has 0 aliphatic heterocycles. The van der Waals surface area contributed by atoms with Crippen LogP contribution in [0.5, 0.6) is 0 Å². The van der Waals surface area contributed by atoms with Crippen molar-refractivity contribution in [1.82, 2.24) is 5.32 Å². The number of benzene rings is 2. The molecule has 1 nitrogen and oxygen atoms in total. The quantitative estimate of drug-likeness (QED) is 0.856. The minimum Gasteiger partial charge on any atom is -0.310 e. The van der Waals surface area contributed by atoms with Gasteiger partial charge in [-0.25, -0.2) is 0 Å². The monoisotopic (exact) mass is 265 g/mol. The Morgan fingerprint density at radius 2 is 1.55 bits per heavy atom. The lowest BCUT2D eigenvalue weighted by molar-refractivity contribution is 0.688. The van der Waals surface area contributed by atoms with Crippen LogP contribution >= 0.6 is 0 Å². The average Bonchev–Trinajstić information content (AvgIpc) is 3.25. The zero-order chi connectivity index (χ0) is 14.1. The molecule has 2 aromatic rings. The molecule has 0 radical (unpaired) electrons. The topological polar surface area (TPSA) is 12.0 Å². The molecule has 104 valence electrons. The molecule has 0 atom stereocenters. The van der Waals surface area contributed by atoms with Crippen molar-refractivity contribution in [2.24, 2.45) is 0 Å². The van der Waals surface area contributed by atoms with E-state index in [1.807, 2.05) is 0 Å². The van der Waals surface area contributed by atoms with Gasteiger partial charge >= 0.3 is 0 Å². The van der Waals surface area contributed by atoms with Gasteiger partial charge in [-0.2, -0.15) is 0 Å². The predicted octanol–water partition coefficient (Wildman–Crippen LogP) is 4.53. The molecular weight excluding hydrogens is 242 g/mol. The van der Waals surface area contributed by atoms with Crippen LogP contribution < -0.4 is 5.32 Å². The zero-order valence-electron chi connectivity index (χ0n) is 12.7. The third-order valence-corrected chi connectivity index (χ3v) is 4.16. The highest BCUT2D eigenvalue weighted by Gasteiger charge is 2.20. The zero-order valence-corrected chi connectivity index (χ0v) is 12.7. The number of aryl methyl sites for hydroxylation is 3. The molecule has 2 aromatic carbocycles. The Kier molecular flexibility index (Phi) is 3.62. The van der Waals surface area contributed by atoms with E-state index in [1.54, 1.807) is 0 Å². The molecule has 0 heterocycles. The van der Waals surface area contributed by atoms with E-state index < -0.39 is 0 Å². The highest BCUT2D eigenvalue weighted by Crippen LogP contribution is 2.29. The molecule has 20 heavy (non-hydrogen) atoms. The predicted molar refractivity (Wildman–Crippen MR) is 86.0 cm³/mol. The Hall–Kier alpha value is -1.60. The molecule has 0 aromatic heterocycles. The van der Waals surface area contributed by atoms with Crippen molar-refractivity contribution in [2.75, 3.05) is 0 Å². The van der Waals surface area contributed by atoms with Crippen LogP contribution in [0.2, 0.25) is 0 Å². The highest BCUT2D eigenvalue weighted by atomic mass is 14.9. The Balaban J connectivity index is 1.94. The first-order chi connectivity index (χ1) is 9.63. The minimum atomic E-state index is 0.764. The normalized spacial score (nSPS) is 14.6. The third kappa shape index (κ3) is 2.94. The van der Waals surface area contributed by atoms with Gasteiger partial charge in [0.05, 0.1) is 0 Å². The van der Waals surface area contributed by atoms with E-state index in [2.05, 4.69) is 62.5 Å². The molecule has 1 heteroatoms. The van der Waals surface area contributed by atoms with Gasteiger partial charge in [0.25, 0.3) is 0 Å². The Labute approximate surface area is 122 Å². The van der Waals surface area contributed by atoms with Crippen LogP contribution in [-0.2, 0) is 6.54 Å². The molecule has 1 fully saturated rings. The van der Waals surface area contributed by atoms with Crippen LogP contribution in [-0.4, -0.2) is 6.04 Å². The van der Waals surface area contributed by atoms with Crippen molar-refractivity contribution < 1.29 is 0 Å². The third-order valence-electron chi connectivity index (χ3n) is 4.16. The first-order valence-electron chi connectivity index (χ1n) is 7.54. The maximum atomic E-state index is 3.60. The summed E-state index contributed by atoms with van der Waals surface area (Å²) in [5, 5.41) is 3.60. The number of nitrogens with one attached hydrogen (secondary N) is 1. The molecular formula is C19H23N. The summed E-state index contributed by atoms with van der Waals surface area (Å²) in [4.78, 5) is 0. The van der Waals surface area contributed by atoms with Crippen molar-refractivity contribution in [3.8, 4) is 11.1 Å². The fourth-order valence-corrected chi connectivity index (χ4v) is 2.64. The lowest BCUT2D eigenvalue weighted by atomic mass is 9.93. The first-order valence-corrected chi connectivity index (χ1v) is 7.54. The van der Waals surface area contributed by atoms with Crippen LogP contribution in [0.4, 0.5) is 0 Å². The molecule has 0 spiro atoms. The number of hydrogen-bond acceptors (Lipinski definition) is 1. The highest BCUT2D eigenvalue weighted by molar-refractivity contribution is 5.71. The van der Waals surface area contributed by atoms with Crippen LogP contribution in [0.3, 0.4) is 0 Å². The van der Waals surface area contributed by atoms with Gasteiger partial charge in [0, 0.05) is 12.6 Å². The van der Waals surface area contributed by atoms with Gasteiger partial charge in [-0.1, -0.05) is 35.9 Å². The first kappa shape index (κ1) is 13.4. The Bertz CT molecular complexity index is 624. The van der Waals surface area contributed by atoms with Gasteiger partial charge in [-0.3, -0.25) is 0 Å².